The van der Waals surface area contributed by atoms with Gasteiger partial charge in [0.15, 0.2) is 0 Å². The fourth-order valence-electron chi connectivity index (χ4n) is 4.65. The van der Waals surface area contributed by atoms with E-state index in [0.29, 0.717) is 11.5 Å². The van der Waals surface area contributed by atoms with Crippen LogP contribution in [0.5, 0.6) is 5.75 Å². The maximum absolute atomic E-state index is 13.1. The van der Waals surface area contributed by atoms with E-state index in [2.05, 4.69) is 20.5 Å². The monoisotopic (exact) mass is 555 g/mol. The smallest absolute Gasteiger partial charge is 0.481 e. The molecule has 1 saturated carbocycles. The van der Waals surface area contributed by atoms with Crippen molar-refractivity contribution in [1.29, 1.82) is 0 Å². The second kappa shape index (κ2) is 14.8. The molecule has 0 heterocycles. The quantitative estimate of drug-likeness (QED) is 0.186. The van der Waals surface area contributed by atoms with Crippen molar-refractivity contribution < 1.29 is 43.2 Å². The number of phosphoric ester groups is 1. The van der Waals surface area contributed by atoms with E-state index in [9.17, 15) is 23.7 Å². The topological polar surface area (TPSA) is 191 Å². The third kappa shape index (κ3) is 12.1. The molecule has 0 saturated heterocycles. The molecule has 6 N–H and O–H groups in total. The minimum absolute atomic E-state index is 0.00690. The van der Waals surface area contributed by atoms with E-state index >= 15 is 0 Å². The van der Waals surface area contributed by atoms with Crippen LogP contribution in [0.1, 0.15) is 70.8 Å². The summed E-state index contributed by atoms with van der Waals surface area (Å²) in [7, 11) is -4.73. The first-order valence-electron chi connectivity index (χ1n) is 12.8. The molecule has 2 rings (SSSR count). The molecule has 1 fully saturated rings. The summed E-state index contributed by atoms with van der Waals surface area (Å²) < 4.78 is 15.5. The van der Waals surface area contributed by atoms with Crippen molar-refractivity contribution in [1.82, 2.24) is 16.0 Å². The molecule has 1 aromatic carbocycles. The number of carbonyl (C=O) groups excluding carboxylic acids is 3. The van der Waals surface area contributed by atoms with Crippen molar-refractivity contribution in [2.45, 2.75) is 89.8 Å². The Labute approximate surface area is 222 Å². The Kier molecular flexibility index (Phi) is 12.2. The molecule has 3 atom stereocenters. The van der Waals surface area contributed by atoms with E-state index < -0.39 is 43.6 Å². The molecule has 13 heteroatoms. The lowest BCUT2D eigenvalue weighted by Crippen LogP contribution is -2.55. The Morgan fingerprint density at radius 3 is 2.13 bits per heavy atom. The molecular formula is C25H38N3O9P. The zero-order chi connectivity index (χ0) is 28.3. The van der Waals surface area contributed by atoms with Gasteiger partial charge in [0.2, 0.25) is 17.7 Å². The number of hydrogen-bond acceptors (Lipinski definition) is 6. The number of aliphatic carboxylic acids is 1. The van der Waals surface area contributed by atoms with Crippen LogP contribution in [0.4, 0.5) is 0 Å². The number of rotatable bonds is 14. The minimum Gasteiger partial charge on any atom is -0.481 e. The lowest BCUT2D eigenvalue weighted by atomic mass is 9.85. The lowest BCUT2D eigenvalue weighted by Gasteiger charge is -2.27. The average Bonchev–Trinajstić information content (AvgIpc) is 2.81. The van der Waals surface area contributed by atoms with Gasteiger partial charge < -0.3 is 25.6 Å². The van der Waals surface area contributed by atoms with Crippen LogP contribution in [-0.2, 0) is 30.2 Å². The molecule has 0 radical (unpaired) electrons. The molecule has 1 aromatic rings. The van der Waals surface area contributed by atoms with Crippen LogP contribution in [0.2, 0.25) is 0 Å². The molecule has 12 nitrogen and oxygen atoms in total. The third-order valence-electron chi connectivity index (χ3n) is 6.36. The summed E-state index contributed by atoms with van der Waals surface area (Å²) in [5.41, 5.74) is 0.546. The summed E-state index contributed by atoms with van der Waals surface area (Å²) in [6, 6.07) is 3.25. The van der Waals surface area contributed by atoms with E-state index in [0.717, 1.165) is 19.3 Å². The van der Waals surface area contributed by atoms with Gasteiger partial charge in [0.05, 0.1) is 0 Å². The second-order valence-corrected chi connectivity index (χ2v) is 11.0. The number of hydrogen-bond donors (Lipinski definition) is 6. The summed E-state index contributed by atoms with van der Waals surface area (Å²) in [6.45, 7) is 3.13. The van der Waals surface area contributed by atoms with Crippen molar-refractivity contribution in [2.75, 3.05) is 0 Å². The number of benzene rings is 1. The van der Waals surface area contributed by atoms with E-state index in [1.54, 1.807) is 0 Å². The first-order chi connectivity index (χ1) is 17.8. The van der Waals surface area contributed by atoms with Gasteiger partial charge in [0.1, 0.15) is 17.8 Å². The predicted molar refractivity (Wildman–Crippen MR) is 138 cm³/mol. The highest BCUT2D eigenvalue weighted by Gasteiger charge is 2.28. The van der Waals surface area contributed by atoms with E-state index in [1.807, 2.05) is 6.92 Å². The lowest BCUT2D eigenvalue weighted by molar-refractivity contribution is -0.138. The minimum atomic E-state index is -4.73. The summed E-state index contributed by atoms with van der Waals surface area (Å²) in [4.78, 5) is 66.9. The van der Waals surface area contributed by atoms with Gasteiger partial charge in [0, 0.05) is 25.8 Å². The van der Waals surface area contributed by atoms with Crippen molar-refractivity contribution >= 4 is 31.5 Å². The molecule has 212 valence electrons. The second-order valence-electron chi connectivity index (χ2n) is 9.83. The highest BCUT2D eigenvalue weighted by molar-refractivity contribution is 7.46. The normalized spacial score (nSPS) is 16.5. The highest BCUT2D eigenvalue weighted by Crippen LogP contribution is 2.37. The van der Waals surface area contributed by atoms with E-state index in [-0.39, 0.29) is 31.1 Å². The Morgan fingerprint density at radius 2 is 1.58 bits per heavy atom. The summed E-state index contributed by atoms with van der Waals surface area (Å²) >= 11 is 0. The molecule has 1 aliphatic carbocycles. The number of nitrogens with one attached hydrogen (secondary N) is 3. The number of carboxylic acid groups (broad SMARTS) is 1. The van der Waals surface area contributed by atoms with Crippen LogP contribution in [-0.4, -0.2) is 56.7 Å². The van der Waals surface area contributed by atoms with Gasteiger partial charge in [0.25, 0.3) is 0 Å². The maximum atomic E-state index is 13.1. The third-order valence-corrected chi connectivity index (χ3v) is 6.81. The fourth-order valence-corrected chi connectivity index (χ4v) is 5.04. The van der Waals surface area contributed by atoms with Gasteiger partial charge in [-0.1, -0.05) is 44.2 Å². The zero-order valence-corrected chi connectivity index (χ0v) is 22.6. The summed E-state index contributed by atoms with van der Waals surface area (Å²) in [5.74, 6) is -2.30. The van der Waals surface area contributed by atoms with E-state index in [4.69, 9.17) is 14.9 Å². The van der Waals surface area contributed by atoms with Gasteiger partial charge in [-0.15, -0.1) is 0 Å². The van der Waals surface area contributed by atoms with Crippen LogP contribution < -0.4 is 20.5 Å². The number of amides is 3. The number of carboxylic acids is 1. The molecule has 3 amide bonds. The SMILES string of the molecule is CC(=O)N[C@@H](Cc1ccc(OP(=O)(O)O)cc1)C(=O)NC(CCC(=O)O)C(=O)N[C@@H](C)CC1CCCCC1. The maximum Gasteiger partial charge on any atom is 0.524 e. The average molecular weight is 556 g/mol. The summed E-state index contributed by atoms with van der Waals surface area (Å²) in [5, 5.41) is 17.2. The molecular weight excluding hydrogens is 517 g/mol. The molecule has 0 spiro atoms. The Bertz CT molecular complexity index is 1010. The van der Waals surface area contributed by atoms with Crippen LogP contribution >= 0.6 is 7.82 Å². The van der Waals surface area contributed by atoms with Gasteiger partial charge in [-0.3, -0.25) is 29.0 Å². The fraction of sp³-hybridized carbons (Fsp3) is 0.600. The molecule has 0 aromatic heterocycles. The molecule has 1 aliphatic rings. The molecule has 1 unspecified atom stereocenters. The number of phosphoric acid groups is 1. The Morgan fingerprint density at radius 1 is 0.974 bits per heavy atom. The van der Waals surface area contributed by atoms with Gasteiger partial charge in [-0.05, 0) is 43.4 Å². The van der Waals surface area contributed by atoms with E-state index in [1.165, 1.54) is 50.5 Å². The highest BCUT2D eigenvalue weighted by atomic mass is 31.2. The van der Waals surface area contributed by atoms with Crippen molar-refractivity contribution in [3.63, 3.8) is 0 Å². The first kappa shape index (κ1) is 31.3. The molecule has 38 heavy (non-hydrogen) atoms. The first-order valence-corrected chi connectivity index (χ1v) is 14.3. The van der Waals surface area contributed by atoms with Crippen molar-refractivity contribution in [2.24, 2.45) is 5.92 Å². The van der Waals surface area contributed by atoms with Gasteiger partial charge in [-0.2, -0.15) is 0 Å². The zero-order valence-electron chi connectivity index (χ0n) is 21.7. The Hall–Kier alpha value is -2.95. The van der Waals surface area contributed by atoms with Crippen LogP contribution in [0.3, 0.4) is 0 Å². The summed E-state index contributed by atoms with van der Waals surface area (Å²) in [6.07, 6.45) is 6.16. The predicted octanol–water partition coefficient (Wildman–Crippen LogP) is 2.03. The van der Waals surface area contributed by atoms with Crippen LogP contribution in [0.25, 0.3) is 0 Å². The van der Waals surface area contributed by atoms with Gasteiger partial charge >= 0.3 is 13.8 Å². The van der Waals surface area contributed by atoms with Crippen LogP contribution in [0, 0.1) is 5.92 Å². The van der Waals surface area contributed by atoms with Crippen molar-refractivity contribution in [3.05, 3.63) is 29.8 Å². The number of carbonyl (C=O) groups is 4. The van der Waals surface area contributed by atoms with Crippen molar-refractivity contribution in [3.8, 4) is 5.75 Å². The largest absolute Gasteiger partial charge is 0.524 e. The van der Waals surface area contributed by atoms with Crippen LogP contribution in [0.15, 0.2) is 24.3 Å². The Balaban J connectivity index is 2.08. The standard InChI is InChI=1S/C25H38N3O9P/c1-16(14-18-6-4-3-5-7-18)26-24(32)21(12-13-23(30)31)28-25(33)22(27-17(2)29)15-19-8-10-20(11-9-19)37-38(34,35)36/h8-11,16,18,21-22H,3-7,12-15H2,1-2H3,(H,26,32)(H,27,29)(H,28,33)(H,30,31)(H2,34,35,36)/t16-,21?,22-/m0/s1. The molecule has 0 bridgehead atoms. The molecule has 0 aliphatic heterocycles. The van der Waals surface area contributed by atoms with Gasteiger partial charge in [-0.25, -0.2) is 4.57 Å².